The van der Waals surface area contributed by atoms with Crippen LogP contribution >= 0.6 is 23.2 Å². The van der Waals surface area contributed by atoms with Gasteiger partial charge < -0.3 is 4.84 Å². The Morgan fingerprint density at radius 2 is 1.95 bits per heavy atom. The molecule has 0 spiro atoms. The van der Waals surface area contributed by atoms with Gasteiger partial charge in [-0.2, -0.15) is 13.2 Å². The number of carbonyl (C=O) groups excluding carboxylic acids is 1. The van der Waals surface area contributed by atoms with Crippen LogP contribution in [0.5, 0.6) is 0 Å². The van der Waals surface area contributed by atoms with Crippen molar-refractivity contribution in [1.82, 2.24) is 5.06 Å². The van der Waals surface area contributed by atoms with Crippen LogP contribution in [-0.2, 0) is 9.63 Å². The Bertz CT molecular complexity index is 587. The Balaban J connectivity index is 2.02. The summed E-state index contributed by atoms with van der Waals surface area (Å²) in [5.41, 5.74) is 1.75. The predicted octanol–water partition coefficient (Wildman–Crippen LogP) is 4.10. The first kappa shape index (κ1) is 16.1. The topological polar surface area (TPSA) is 29.5 Å². The standard InChI is InChI=1S/C13H10Cl2F3NO2/c14-10-2-1-9(7-11(10)15)8-3-5-19(6-4-8)21-12(20)13(16,17)18/h1-3,7H,4-6H2. The van der Waals surface area contributed by atoms with Crippen LogP contribution in [0.2, 0.25) is 10.0 Å². The molecule has 0 N–H and O–H groups in total. The average Bonchev–Trinajstić information content (AvgIpc) is 2.42. The number of halogens is 5. The third-order valence-corrected chi connectivity index (χ3v) is 3.64. The van der Waals surface area contributed by atoms with E-state index >= 15 is 0 Å². The number of hydrogen-bond acceptors (Lipinski definition) is 3. The molecule has 114 valence electrons. The molecule has 1 aliphatic heterocycles. The van der Waals surface area contributed by atoms with E-state index in [1.165, 1.54) is 0 Å². The molecule has 0 amide bonds. The molecule has 0 aliphatic carbocycles. The molecule has 0 atom stereocenters. The second-order valence-corrected chi connectivity index (χ2v) is 5.19. The second-order valence-electron chi connectivity index (χ2n) is 4.37. The van der Waals surface area contributed by atoms with Gasteiger partial charge in [-0.3, -0.25) is 0 Å². The average molecular weight is 340 g/mol. The van der Waals surface area contributed by atoms with Gasteiger partial charge in [0.1, 0.15) is 0 Å². The fourth-order valence-corrected chi connectivity index (χ4v) is 2.16. The number of alkyl halides is 3. The maximum Gasteiger partial charge on any atom is 0.492 e. The molecular weight excluding hydrogens is 330 g/mol. The predicted molar refractivity (Wildman–Crippen MR) is 72.8 cm³/mol. The van der Waals surface area contributed by atoms with Crippen LogP contribution in [0.25, 0.3) is 5.57 Å². The smallest absolute Gasteiger partial charge is 0.360 e. The van der Waals surface area contributed by atoms with Gasteiger partial charge in [0.15, 0.2) is 0 Å². The molecule has 0 aromatic heterocycles. The minimum absolute atomic E-state index is 0.0808. The number of hydrogen-bond donors (Lipinski definition) is 0. The summed E-state index contributed by atoms with van der Waals surface area (Å²) < 4.78 is 36.3. The van der Waals surface area contributed by atoms with Crippen molar-refractivity contribution in [1.29, 1.82) is 0 Å². The highest BCUT2D eigenvalue weighted by molar-refractivity contribution is 6.42. The number of nitrogens with zero attached hydrogens (tertiary/aromatic N) is 1. The second kappa shape index (κ2) is 6.25. The van der Waals surface area contributed by atoms with E-state index in [4.69, 9.17) is 23.2 Å². The van der Waals surface area contributed by atoms with Crippen molar-refractivity contribution < 1.29 is 22.8 Å². The summed E-state index contributed by atoms with van der Waals surface area (Å²) in [6.07, 6.45) is -2.87. The molecule has 2 rings (SSSR count). The van der Waals surface area contributed by atoms with Gasteiger partial charge in [-0.05, 0) is 29.7 Å². The number of hydroxylamine groups is 2. The molecule has 1 aromatic carbocycles. The van der Waals surface area contributed by atoms with Gasteiger partial charge in [0.05, 0.1) is 16.6 Å². The van der Waals surface area contributed by atoms with Gasteiger partial charge in [0, 0.05) is 6.54 Å². The Labute approximate surface area is 128 Å². The lowest BCUT2D eigenvalue weighted by atomic mass is 10.0. The monoisotopic (exact) mass is 339 g/mol. The molecule has 0 bridgehead atoms. The molecule has 0 saturated heterocycles. The highest BCUT2D eigenvalue weighted by atomic mass is 35.5. The Kier molecular flexibility index (Phi) is 4.81. The third kappa shape index (κ3) is 4.12. The summed E-state index contributed by atoms with van der Waals surface area (Å²) in [7, 11) is 0. The van der Waals surface area contributed by atoms with Gasteiger partial charge >= 0.3 is 12.1 Å². The summed E-state index contributed by atoms with van der Waals surface area (Å²) in [5, 5.41) is 1.80. The molecule has 0 fully saturated rings. The Morgan fingerprint density at radius 1 is 1.24 bits per heavy atom. The fourth-order valence-electron chi connectivity index (χ4n) is 1.86. The van der Waals surface area contributed by atoms with E-state index in [0.717, 1.165) is 16.2 Å². The van der Waals surface area contributed by atoms with E-state index in [-0.39, 0.29) is 13.1 Å². The van der Waals surface area contributed by atoms with E-state index in [0.29, 0.717) is 16.5 Å². The van der Waals surface area contributed by atoms with Crippen LogP contribution in [0.4, 0.5) is 13.2 Å². The normalized spacial score (nSPS) is 16.5. The van der Waals surface area contributed by atoms with Gasteiger partial charge in [-0.15, -0.1) is 5.06 Å². The van der Waals surface area contributed by atoms with E-state index in [1.54, 1.807) is 24.3 Å². The molecule has 21 heavy (non-hydrogen) atoms. The van der Waals surface area contributed by atoms with Crippen LogP contribution in [0, 0.1) is 0 Å². The zero-order chi connectivity index (χ0) is 15.6. The fraction of sp³-hybridized carbons (Fsp3) is 0.308. The zero-order valence-corrected chi connectivity index (χ0v) is 12.1. The minimum atomic E-state index is -4.99. The van der Waals surface area contributed by atoms with Crippen molar-refractivity contribution in [3.63, 3.8) is 0 Å². The third-order valence-electron chi connectivity index (χ3n) is 2.91. The maximum atomic E-state index is 12.1. The summed E-state index contributed by atoms with van der Waals surface area (Å²) in [6, 6.07) is 5.11. The molecule has 1 aromatic rings. The van der Waals surface area contributed by atoms with Crippen molar-refractivity contribution in [3.05, 3.63) is 39.9 Å². The van der Waals surface area contributed by atoms with Gasteiger partial charge in [0.25, 0.3) is 0 Å². The zero-order valence-electron chi connectivity index (χ0n) is 10.6. The van der Waals surface area contributed by atoms with E-state index < -0.39 is 12.1 Å². The SMILES string of the molecule is O=C(ON1CC=C(c2ccc(Cl)c(Cl)c2)CC1)C(F)(F)F. The first-order valence-corrected chi connectivity index (χ1v) is 6.71. The van der Waals surface area contributed by atoms with Crippen molar-refractivity contribution in [2.75, 3.05) is 13.1 Å². The lowest BCUT2D eigenvalue weighted by molar-refractivity contribution is -0.237. The van der Waals surface area contributed by atoms with Gasteiger partial charge in [-0.25, -0.2) is 4.79 Å². The summed E-state index contributed by atoms with van der Waals surface area (Å²) >= 11 is 11.7. The van der Waals surface area contributed by atoms with E-state index in [1.807, 2.05) is 0 Å². The van der Waals surface area contributed by atoms with Crippen LogP contribution < -0.4 is 0 Å². The minimum Gasteiger partial charge on any atom is -0.360 e. The molecule has 0 unspecified atom stereocenters. The first-order chi connectivity index (χ1) is 9.77. The number of benzene rings is 1. The molecular formula is C13H10Cl2F3NO2. The van der Waals surface area contributed by atoms with Gasteiger partial charge in [0.2, 0.25) is 0 Å². The number of rotatable bonds is 2. The first-order valence-electron chi connectivity index (χ1n) is 5.96. The molecule has 0 radical (unpaired) electrons. The summed E-state index contributed by atoms with van der Waals surface area (Å²) in [5.74, 6) is -2.21. The molecule has 8 heteroatoms. The maximum absolute atomic E-state index is 12.1. The van der Waals surface area contributed by atoms with Crippen LogP contribution in [0.1, 0.15) is 12.0 Å². The quantitative estimate of drug-likeness (QED) is 0.812. The Morgan fingerprint density at radius 3 is 2.48 bits per heavy atom. The van der Waals surface area contributed by atoms with Crippen molar-refractivity contribution >= 4 is 34.7 Å². The lowest BCUT2D eigenvalue weighted by Gasteiger charge is -2.25. The van der Waals surface area contributed by atoms with Crippen molar-refractivity contribution in [2.45, 2.75) is 12.6 Å². The lowest BCUT2D eigenvalue weighted by Crippen LogP contribution is -2.37. The summed E-state index contributed by atoms with van der Waals surface area (Å²) in [4.78, 5) is 15.0. The largest absolute Gasteiger partial charge is 0.492 e. The number of carbonyl (C=O) groups is 1. The van der Waals surface area contributed by atoms with Crippen LogP contribution in [0.3, 0.4) is 0 Å². The summed E-state index contributed by atoms with van der Waals surface area (Å²) in [6.45, 7) is 0.255. The molecule has 0 saturated carbocycles. The van der Waals surface area contributed by atoms with E-state index in [2.05, 4.69) is 4.84 Å². The Hall–Kier alpha value is -1.24. The van der Waals surface area contributed by atoms with E-state index in [9.17, 15) is 18.0 Å². The van der Waals surface area contributed by atoms with Gasteiger partial charge in [-0.1, -0.05) is 35.3 Å². The highest BCUT2D eigenvalue weighted by Crippen LogP contribution is 2.29. The molecule has 1 aliphatic rings. The molecule has 1 heterocycles. The van der Waals surface area contributed by atoms with Crippen LogP contribution in [-0.4, -0.2) is 30.3 Å². The van der Waals surface area contributed by atoms with Crippen molar-refractivity contribution in [2.24, 2.45) is 0 Å². The van der Waals surface area contributed by atoms with Crippen molar-refractivity contribution in [3.8, 4) is 0 Å². The highest BCUT2D eigenvalue weighted by Gasteiger charge is 2.42. The van der Waals surface area contributed by atoms with Crippen LogP contribution in [0.15, 0.2) is 24.3 Å². The molecule has 3 nitrogen and oxygen atoms in total.